The fourth-order valence-electron chi connectivity index (χ4n) is 4.39. The number of esters is 1. The minimum Gasteiger partial charge on any atom is -0.489 e. The predicted octanol–water partition coefficient (Wildman–Crippen LogP) is 8.25. The summed E-state index contributed by atoms with van der Waals surface area (Å²) < 4.78 is 23.5. The Morgan fingerprint density at radius 1 is 0.568 bits per heavy atom. The number of carbonyl (C=O) groups excluding carboxylic acids is 2. The molecule has 0 aliphatic heterocycles. The molecule has 0 atom stereocenters. The molecule has 0 saturated heterocycles. The lowest BCUT2D eigenvalue weighted by Gasteiger charge is -2.13. The Hall–Kier alpha value is -5.62. The second-order valence-electron chi connectivity index (χ2n) is 9.97. The van der Waals surface area contributed by atoms with Gasteiger partial charge in [0.25, 0.3) is 0 Å². The molecule has 0 unspecified atom stereocenters. The van der Waals surface area contributed by atoms with E-state index in [9.17, 15) is 9.59 Å². The average molecular weight is 585 g/mol. The number of rotatable bonds is 13. The first-order chi connectivity index (χ1) is 21.5. The molecule has 0 spiro atoms. The summed E-state index contributed by atoms with van der Waals surface area (Å²) in [4.78, 5) is 25.1. The van der Waals surface area contributed by atoms with Crippen LogP contribution in [0.3, 0.4) is 0 Å². The quantitative estimate of drug-likeness (QED) is 0.0601. The Morgan fingerprint density at radius 3 is 1.64 bits per heavy atom. The van der Waals surface area contributed by atoms with Crippen LogP contribution in [0.2, 0.25) is 0 Å². The van der Waals surface area contributed by atoms with E-state index in [1.165, 1.54) is 13.0 Å². The Labute approximate surface area is 257 Å². The Balaban J connectivity index is 1.38. The molecule has 44 heavy (non-hydrogen) atoms. The average Bonchev–Trinajstić information content (AvgIpc) is 3.06. The third kappa shape index (κ3) is 8.69. The van der Waals surface area contributed by atoms with Gasteiger partial charge in [0.15, 0.2) is 5.78 Å². The maximum absolute atomic E-state index is 13.5. The normalized spacial score (nSPS) is 10.8. The fraction of sp³-hybridized carbons (Fsp3) is 0.105. The summed E-state index contributed by atoms with van der Waals surface area (Å²) in [6, 6.07) is 39.6. The van der Waals surface area contributed by atoms with Gasteiger partial charge >= 0.3 is 5.97 Å². The summed E-state index contributed by atoms with van der Waals surface area (Å²) in [6.45, 7) is 2.33. The summed E-state index contributed by atoms with van der Waals surface area (Å²) >= 11 is 0. The fourth-order valence-corrected chi connectivity index (χ4v) is 4.39. The van der Waals surface area contributed by atoms with E-state index in [1.807, 2.05) is 91.0 Å². The molecule has 0 aromatic heterocycles. The third-order valence-electron chi connectivity index (χ3n) is 6.60. The van der Waals surface area contributed by atoms with E-state index in [-0.39, 0.29) is 5.78 Å². The van der Waals surface area contributed by atoms with E-state index >= 15 is 0 Å². The largest absolute Gasteiger partial charge is 0.489 e. The second-order valence-corrected chi connectivity index (χ2v) is 9.97. The molecule has 0 aliphatic carbocycles. The molecule has 0 amide bonds. The summed E-state index contributed by atoms with van der Waals surface area (Å²) in [5, 5.41) is 0. The molecule has 0 aliphatic rings. The van der Waals surface area contributed by atoms with Crippen molar-refractivity contribution in [3.8, 4) is 23.0 Å². The highest BCUT2D eigenvalue weighted by molar-refractivity contribution is 6.08. The molecule has 0 bridgehead atoms. The number of ketones is 1. The molecule has 0 saturated carbocycles. The van der Waals surface area contributed by atoms with Crippen molar-refractivity contribution in [3.63, 3.8) is 0 Å². The SMILES string of the molecule is CC(=O)Oc1ccc(C=CC(=O)c2ccc(OCc3ccccc3)cc2OCc2ccccc2)c(OCc2ccccc2)c1. The van der Waals surface area contributed by atoms with Gasteiger partial charge in [-0.05, 0) is 53.1 Å². The van der Waals surface area contributed by atoms with Crippen molar-refractivity contribution < 1.29 is 28.5 Å². The zero-order valence-corrected chi connectivity index (χ0v) is 24.3. The van der Waals surface area contributed by atoms with Crippen LogP contribution in [-0.2, 0) is 24.6 Å². The van der Waals surface area contributed by atoms with Crippen molar-refractivity contribution >= 4 is 17.8 Å². The molecule has 5 aromatic carbocycles. The number of benzene rings is 5. The van der Waals surface area contributed by atoms with Crippen LogP contribution in [0.25, 0.3) is 6.08 Å². The summed E-state index contributed by atoms with van der Waals surface area (Å²) in [6.07, 6.45) is 3.16. The molecule has 6 nitrogen and oxygen atoms in total. The third-order valence-corrected chi connectivity index (χ3v) is 6.60. The number of carbonyl (C=O) groups is 2. The highest BCUT2D eigenvalue weighted by atomic mass is 16.5. The van der Waals surface area contributed by atoms with Gasteiger partial charge < -0.3 is 18.9 Å². The van der Waals surface area contributed by atoms with Crippen LogP contribution >= 0.6 is 0 Å². The zero-order chi connectivity index (χ0) is 30.6. The van der Waals surface area contributed by atoms with Gasteiger partial charge in [-0.3, -0.25) is 9.59 Å². The van der Waals surface area contributed by atoms with Crippen molar-refractivity contribution in [2.45, 2.75) is 26.7 Å². The lowest BCUT2D eigenvalue weighted by Crippen LogP contribution is -2.04. The van der Waals surface area contributed by atoms with Crippen LogP contribution in [0.1, 0.15) is 39.5 Å². The van der Waals surface area contributed by atoms with Crippen LogP contribution in [0.4, 0.5) is 0 Å². The number of allylic oxidation sites excluding steroid dienone is 1. The van der Waals surface area contributed by atoms with E-state index in [4.69, 9.17) is 18.9 Å². The first-order valence-corrected chi connectivity index (χ1v) is 14.2. The Morgan fingerprint density at radius 2 is 1.07 bits per heavy atom. The lowest BCUT2D eigenvalue weighted by molar-refractivity contribution is -0.131. The number of ether oxygens (including phenoxy) is 4. The zero-order valence-electron chi connectivity index (χ0n) is 24.3. The highest BCUT2D eigenvalue weighted by Gasteiger charge is 2.14. The maximum Gasteiger partial charge on any atom is 0.308 e. The van der Waals surface area contributed by atoms with Gasteiger partial charge in [0, 0.05) is 24.6 Å². The summed E-state index contributed by atoms with van der Waals surface area (Å²) in [5.41, 5.74) is 4.04. The van der Waals surface area contributed by atoms with Gasteiger partial charge in [-0.15, -0.1) is 0 Å². The topological polar surface area (TPSA) is 71.1 Å². The van der Waals surface area contributed by atoms with Gasteiger partial charge in [-0.25, -0.2) is 0 Å². The number of hydrogen-bond acceptors (Lipinski definition) is 6. The van der Waals surface area contributed by atoms with Crippen LogP contribution < -0.4 is 18.9 Å². The molecule has 220 valence electrons. The molecule has 0 heterocycles. The molecule has 0 radical (unpaired) electrons. The van der Waals surface area contributed by atoms with Crippen LogP contribution in [-0.4, -0.2) is 11.8 Å². The van der Waals surface area contributed by atoms with Gasteiger partial charge in [-0.2, -0.15) is 0 Å². The molecule has 0 N–H and O–H groups in total. The van der Waals surface area contributed by atoms with E-state index in [2.05, 4.69) is 0 Å². The first kappa shape index (κ1) is 29.9. The lowest BCUT2D eigenvalue weighted by atomic mass is 10.1. The Bertz CT molecular complexity index is 1710. The minimum atomic E-state index is -0.434. The van der Waals surface area contributed by atoms with E-state index in [1.54, 1.807) is 42.5 Å². The van der Waals surface area contributed by atoms with Crippen molar-refractivity contribution in [1.29, 1.82) is 0 Å². The van der Waals surface area contributed by atoms with Crippen molar-refractivity contribution in [2.75, 3.05) is 0 Å². The van der Waals surface area contributed by atoms with Crippen LogP contribution in [0, 0.1) is 0 Å². The van der Waals surface area contributed by atoms with Crippen molar-refractivity contribution in [1.82, 2.24) is 0 Å². The molecule has 6 heteroatoms. The van der Waals surface area contributed by atoms with Crippen LogP contribution in [0.5, 0.6) is 23.0 Å². The molecule has 5 aromatic rings. The molecule has 5 rings (SSSR count). The van der Waals surface area contributed by atoms with E-state index in [0.29, 0.717) is 53.9 Å². The maximum atomic E-state index is 13.5. The van der Waals surface area contributed by atoms with Crippen molar-refractivity contribution in [2.24, 2.45) is 0 Å². The molecular formula is C38H32O6. The summed E-state index contributed by atoms with van der Waals surface area (Å²) in [7, 11) is 0. The van der Waals surface area contributed by atoms with Gasteiger partial charge in [-0.1, -0.05) is 91.0 Å². The smallest absolute Gasteiger partial charge is 0.308 e. The monoisotopic (exact) mass is 584 g/mol. The van der Waals surface area contributed by atoms with Crippen molar-refractivity contribution in [3.05, 3.63) is 161 Å². The van der Waals surface area contributed by atoms with Gasteiger partial charge in [0.2, 0.25) is 0 Å². The second kappa shape index (κ2) is 15.0. The van der Waals surface area contributed by atoms with Gasteiger partial charge in [0.1, 0.15) is 42.8 Å². The van der Waals surface area contributed by atoms with E-state index < -0.39 is 5.97 Å². The Kier molecular flexibility index (Phi) is 10.2. The van der Waals surface area contributed by atoms with Gasteiger partial charge in [0.05, 0.1) is 5.56 Å². The van der Waals surface area contributed by atoms with Crippen LogP contribution in [0.15, 0.2) is 133 Å². The summed E-state index contributed by atoms with van der Waals surface area (Å²) in [5.74, 6) is 1.15. The standard InChI is InChI=1S/C38H32O6/c1-28(39)44-34-19-17-32(37(24-34)42-26-30-13-7-3-8-14-30)18-22-36(40)35-21-20-33(41-25-29-11-5-2-6-12-29)23-38(35)43-27-31-15-9-4-10-16-31/h2-24H,25-27H2,1H3. The predicted molar refractivity (Wildman–Crippen MR) is 170 cm³/mol. The number of hydrogen-bond donors (Lipinski definition) is 0. The highest BCUT2D eigenvalue weighted by Crippen LogP contribution is 2.30. The molecular weight excluding hydrogens is 552 g/mol. The molecule has 0 fully saturated rings. The van der Waals surface area contributed by atoms with E-state index in [0.717, 1.165) is 16.7 Å². The first-order valence-electron chi connectivity index (χ1n) is 14.2. The minimum absolute atomic E-state index is 0.249.